The van der Waals surface area contributed by atoms with E-state index in [2.05, 4.69) is 284 Å². The summed E-state index contributed by atoms with van der Waals surface area (Å²) in [4.78, 5) is 8.09. The van der Waals surface area contributed by atoms with Gasteiger partial charge >= 0.3 is 7.12 Å². The molecule has 0 bridgehead atoms. The number of nitrogens with zero attached hydrogens (tertiary/aromatic N) is 4. The number of benzene rings is 12. The molecule has 0 atom stereocenters. The Hall–Kier alpha value is -10.2. The molecule has 0 unspecified atom stereocenters. The molecule has 0 spiro atoms. The van der Waals surface area contributed by atoms with Crippen LogP contribution in [0.3, 0.4) is 0 Å². The highest BCUT2D eigenvalue weighted by molar-refractivity contribution is 14.1. The Morgan fingerprint density at radius 1 is 0.291 bits per heavy atom. The number of aromatic nitrogens is 4. The molecule has 2 N–H and O–H groups in total. The lowest BCUT2D eigenvalue weighted by Gasteiger charge is -2.14. The highest BCUT2D eigenvalue weighted by Crippen LogP contribution is 2.40. The SMILES string of the molecule is Ic1cccc2cccc(-c3ccc(-n4c5ccccc5c5ccccc54)cc3)c12.OB(O)c1ccc(-c2ccncc2)cc1.[2HH].c1cc(-c2ccc(-c3ccncc3)cc2)c2c(-c3ccc(-n4c5ccccc5c5ccccc54)cc3)cccc2c1. The van der Waals surface area contributed by atoms with Gasteiger partial charge in [0.15, 0.2) is 0 Å². The third-order valence-corrected chi connectivity index (χ3v) is 17.1. The second-order valence-electron chi connectivity index (χ2n) is 21.2. The molecule has 4 heterocycles. The van der Waals surface area contributed by atoms with Crippen LogP contribution in [-0.4, -0.2) is 36.3 Å². The van der Waals surface area contributed by atoms with Gasteiger partial charge in [-0.25, -0.2) is 0 Å². The molecule has 0 saturated heterocycles. The van der Waals surface area contributed by atoms with E-state index in [0.717, 1.165) is 11.1 Å². The van der Waals surface area contributed by atoms with Gasteiger partial charge in [-0.05, 0) is 179 Å². The highest BCUT2D eigenvalue weighted by atomic mass is 127. The summed E-state index contributed by atoms with van der Waals surface area (Å²) in [5.74, 6) is 0. The van der Waals surface area contributed by atoms with Gasteiger partial charge in [-0.2, -0.15) is 0 Å². The van der Waals surface area contributed by atoms with Gasteiger partial charge in [0, 0.05) is 68.1 Å². The first-order valence-electron chi connectivity index (χ1n) is 28.7. The van der Waals surface area contributed by atoms with Crippen molar-refractivity contribution < 1.29 is 11.5 Å². The van der Waals surface area contributed by atoms with Gasteiger partial charge in [-0.3, -0.25) is 9.97 Å². The molecule has 0 aliphatic rings. The van der Waals surface area contributed by atoms with Gasteiger partial charge in [0.25, 0.3) is 0 Å². The first-order valence-corrected chi connectivity index (χ1v) is 29.8. The summed E-state index contributed by atoms with van der Waals surface area (Å²) >= 11 is 2.44. The van der Waals surface area contributed by atoms with Crippen LogP contribution in [0.5, 0.6) is 0 Å². The van der Waals surface area contributed by atoms with Crippen LogP contribution in [0.4, 0.5) is 0 Å². The second kappa shape index (κ2) is 23.8. The molecular weight excluding hydrogens is 1160 g/mol. The van der Waals surface area contributed by atoms with Gasteiger partial charge in [-0.15, -0.1) is 0 Å². The van der Waals surface area contributed by atoms with Crippen molar-refractivity contribution in [3.8, 4) is 67.0 Å². The smallest absolute Gasteiger partial charge is 0.423 e. The molecule has 0 radical (unpaired) electrons. The Balaban J connectivity index is 0.000000133. The minimum absolute atomic E-state index is 0. The van der Waals surface area contributed by atoms with Gasteiger partial charge in [-0.1, -0.05) is 212 Å². The van der Waals surface area contributed by atoms with Crippen molar-refractivity contribution in [2.75, 3.05) is 0 Å². The first-order chi connectivity index (χ1) is 42.4. The van der Waals surface area contributed by atoms with Gasteiger partial charge in [0.05, 0.1) is 22.1 Å². The van der Waals surface area contributed by atoms with Crippen LogP contribution in [0.2, 0.25) is 0 Å². The molecule has 0 aliphatic heterocycles. The molecule has 12 aromatic carbocycles. The molecule has 0 aliphatic carbocycles. The minimum Gasteiger partial charge on any atom is -0.423 e. The monoisotopic (exact) mass is 1220 g/mol. The standard InChI is InChI=1S/C39H26N2.C28H18IN.C11H10BNO2.H2/c1-3-13-37-35(9-1)36-10-2-4-14-38(36)41(37)32-21-19-30(20-22-32)34-12-6-8-31-7-5-11-33(39(31)34)29-17-15-27(16-18-29)28-23-25-40-26-24-28;29-25-12-6-8-20-7-5-11-22(28(20)25)19-15-17-21(18-16-19)30-26-13-3-1-9-23(26)24-10-2-4-14-27(24)30;14-12(15)11-3-1-9(2-4-11)10-5-7-13-8-6-10;/h1-26H;1-18H;1-8,14-15H;1H/i;;;1+1. The van der Waals surface area contributed by atoms with Crippen molar-refractivity contribution in [2.45, 2.75) is 0 Å². The number of para-hydroxylation sites is 4. The summed E-state index contributed by atoms with van der Waals surface area (Å²) in [5.41, 5.74) is 19.7. The summed E-state index contributed by atoms with van der Waals surface area (Å²) < 4.78 is 6.02. The van der Waals surface area contributed by atoms with Crippen molar-refractivity contribution in [2.24, 2.45) is 0 Å². The summed E-state index contributed by atoms with van der Waals surface area (Å²) in [6.07, 6.45) is 7.13. The maximum atomic E-state index is 8.93. The number of pyridine rings is 2. The minimum atomic E-state index is -1.41. The van der Waals surface area contributed by atoms with E-state index in [1.165, 1.54) is 125 Å². The van der Waals surface area contributed by atoms with Gasteiger partial charge in [0.1, 0.15) is 0 Å². The zero-order valence-corrected chi connectivity index (χ0v) is 48.8. The molecule has 86 heavy (non-hydrogen) atoms. The van der Waals surface area contributed by atoms with E-state index >= 15 is 0 Å². The molecule has 6 nitrogen and oxygen atoms in total. The molecule has 4 aromatic heterocycles. The number of hydrogen-bond donors (Lipinski definition) is 2. The number of fused-ring (bicyclic) bond motifs is 8. The van der Waals surface area contributed by atoms with Crippen LogP contribution >= 0.6 is 22.6 Å². The van der Waals surface area contributed by atoms with Crippen LogP contribution in [0, 0.1) is 3.57 Å². The van der Waals surface area contributed by atoms with Crippen LogP contribution in [0.15, 0.2) is 316 Å². The van der Waals surface area contributed by atoms with E-state index in [9.17, 15) is 0 Å². The van der Waals surface area contributed by atoms with Crippen LogP contribution in [-0.2, 0) is 0 Å². The predicted molar refractivity (Wildman–Crippen MR) is 370 cm³/mol. The van der Waals surface area contributed by atoms with Crippen LogP contribution in [0.1, 0.15) is 1.43 Å². The fraction of sp³-hybridized carbons (Fsp3) is 0. The second-order valence-corrected chi connectivity index (χ2v) is 22.4. The summed E-state index contributed by atoms with van der Waals surface area (Å²) in [6, 6.07) is 103. The lowest BCUT2D eigenvalue weighted by molar-refractivity contribution is 0.426. The summed E-state index contributed by atoms with van der Waals surface area (Å²) in [7, 11) is -1.41. The van der Waals surface area contributed by atoms with Crippen LogP contribution < -0.4 is 5.46 Å². The van der Waals surface area contributed by atoms with Crippen molar-refractivity contribution in [3.63, 3.8) is 0 Å². The Morgan fingerprint density at radius 3 is 0.977 bits per heavy atom. The topological polar surface area (TPSA) is 76.1 Å². The van der Waals surface area contributed by atoms with Crippen molar-refractivity contribution in [3.05, 3.63) is 320 Å². The molecule has 0 saturated carbocycles. The molecule has 0 amide bonds. The van der Waals surface area contributed by atoms with Crippen LogP contribution in [0.25, 0.3) is 132 Å². The molecular formula is C78H56BIN4O2. The molecule has 16 aromatic rings. The van der Waals surface area contributed by atoms with Gasteiger partial charge in [0.2, 0.25) is 0 Å². The van der Waals surface area contributed by atoms with E-state index < -0.39 is 7.12 Å². The Kier molecular flexibility index (Phi) is 14.9. The number of hydrogen-bond acceptors (Lipinski definition) is 4. The predicted octanol–water partition coefficient (Wildman–Crippen LogP) is 19.2. The average Bonchev–Trinajstić information content (AvgIpc) is 2.24. The maximum Gasteiger partial charge on any atom is 0.488 e. The summed E-state index contributed by atoms with van der Waals surface area (Å²) in [6.45, 7) is 0. The lowest BCUT2D eigenvalue weighted by Crippen LogP contribution is -2.29. The fourth-order valence-electron chi connectivity index (χ4n) is 12.1. The molecule has 16 rings (SSSR count). The van der Waals surface area contributed by atoms with E-state index in [1.807, 2.05) is 48.8 Å². The first kappa shape index (κ1) is 53.8. The zero-order valence-electron chi connectivity index (χ0n) is 46.7. The lowest BCUT2D eigenvalue weighted by atomic mass is 9.80. The Bertz CT molecular complexity index is 4960. The van der Waals surface area contributed by atoms with Crippen molar-refractivity contribution in [1.29, 1.82) is 0 Å². The molecule has 0 fully saturated rings. The third kappa shape index (κ3) is 10.4. The van der Waals surface area contributed by atoms with E-state index in [4.69, 9.17) is 10.0 Å². The quantitative estimate of drug-likeness (QED) is 0.117. The molecule has 8 heteroatoms. The fourth-order valence-corrected chi connectivity index (χ4v) is 12.9. The van der Waals surface area contributed by atoms with Crippen molar-refractivity contribution in [1.82, 2.24) is 19.1 Å². The van der Waals surface area contributed by atoms with Crippen molar-refractivity contribution >= 4 is 100 Å². The van der Waals surface area contributed by atoms with Gasteiger partial charge < -0.3 is 19.2 Å². The number of rotatable bonds is 8. The number of halogens is 1. The average molecular weight is 1220 g/mol. The zero-order chi connectivity index (χ0) is 57.9. The largest absolute Gasteiger partial charge is 0.488 e. The normalized spacial score (nSPS) is 11.2. The van der Waals surface area contributed by atoms with E-state index in [1.54, 1.807) is 24.5 Å². The molecule has 410 valence electrons. The third-order valence-electron chi connectivity index (χ3n) is 16.2. The summed E-state index contributed by atoms with van der Waals surface area (Å²) in [5, 5.41) is 28.1. The van der Waals surface area contributed by atoms with E-state index in [0.29, 0.717) is 5.46 Å². The Labute approximate surface area is 514 Å². The highest BCUT2D eigenvalue weighted by Gasteiger charge is 2.16. The van der Waals surface area contributed by atoms with E-state index in [-0.39, 0.29) is 1.43 Å². The maximum absolute atomic E-state index is 8.93. The Morgan fingerprint density at radius 2 is 0.593 bits per heavy atom.